The van der Waals surface area contributed by atoms with Gasteiger partial charge >= 0.3 is 6.18 Å². The van der Waals surface area contributed by atoms with Gasteiger partial charge in [0, 0.05) is 36.1 Å². The Balaban J connectivity index is 1.46. The molecule has 0 saturated heterocycles. The van der Waals surface area contributed by atoms with E-state index < -0.39 is 12.6 Å². The topological polar surface area (TPSA) is 88.5 Å². The van der Waals surface area contributed by atoms with Crippen LogP contribution in [0.15, 0.2) is 43.0 Å². The first-order chi connectivity index (χ1) is 17.8. The lowest BCUT2D eigenvalue weighted by molar-refractivity contribution is -0.127. The molecule has 4 aromatic rings. The van der Waals surface area contributed by atoms with Gasteiger partial charge in [0.15, 0.2) is 5.82 Å². The molecule has 1 fully saturated rings. The van der Waals surface area contributed by atoms with Gasteiger partial charge < -0.3 is 10.6 Å². The second-order valence-electron chi connectivity index (χ2n) is 9.09. The zero-order chi connectivity index (χ0) is 26.0. The molecule has 4 heterocycles. The fraction of sp³-hybridized carbons (Fsp3) is 0.346. The summed E-state index contributed by atoms with van der Waals surface area (Å²) in [5.41, 5.74) is 2.63. The first-order valence-corrected chi connectivity index (χ1v) is 12.5. The first kappa shape index (κ1) is 25.1. The minimum atomic E-state index is -4.34. The average Bonchev–Trinajstić information content (AvgIpc) is 3.70. The quantitative estimate of drug-likeness (QED) is 0.225. The largest absolute Gasteiger partial charge is 0.393 e. The summed E-state index contributed by atoms with van der Waals surface area (Å²) in [6.45, 7) is 2.94. The number of rotatable bonds is 9. The number of hydrogen-bond donors (Lipinski definition) is 2. The molecule has 0 atom stereocenters. The van der Waals surface area contributed by atoms with Crippen LogP contribution in [0.4, 0.5) is 30.6 Å². The molecule has 7 nitrogen and oxygen atoms in total. The van der Waals surface area contributed by atoms with Crippen molar-refractivity contribution in [2.45, 2.75) is 51.1 Å². The lowest BCUT2D eigenvalue weighted by atomic mass is 10.1. The number of unbranched alkanes of at least 4 members (excludes halogenated alkanes) is 1. The highest BCUT2D eigenvalue weighted by molar-refractivity contribution is 6.33. The Bertz CT molecular complexity index is 1420. The maximum atomic E-state index is 12.7. The van der Waals surface area contributed by atoms with E-state index >= 15 is 0 Å². The van der Waals surface area contributed by atoms with Gasteiger partial charge in [-0.05, 0) is 54.5 Å². The first-order valence-electron chi connectivity index (χ1n) is 12.1. The summed E-state index contributed by atoms with van der Waals surface area (Å²) < 4.78 is 38.1. The Kier molecular flexibility index (Phi) is 7.10. The lowest BCUT2D eigenvalue weighted by Gasteiger charge is -2.14. The molecule has 5 rings (SSSR count). The third-order valence-electron chi connectivity index (χ3n) is 6.04. The number of anilines is 3. The predicted octanol–water partition coefficient (Wildman–Crippen LogP) is 7.07. The molecular formula is C26H25ClF3N7. The van der Waals surface area contributed by atoms with Gasteiger partial charge in [-0.3, -0.25) is 4.98 Å². The Morgan fingerprint density at radius 2 is 1.89 bits per heavy atom. The molecule has 0 unspecified atom stereocenters. The summed E-state index contributed by atoms with van der Waals surface area (Å²) in [6, 6.07) is 4.79. The van der Waals surface area contributed by atoms with Crippen LogP contribution in [0.25, 0.3) is 22.3 Å². The number of aromatic nitrogens is 5. The molecule has 0 aliphatic heterocycles. The molecule has 37 heavy (non-hydrogen) atoms. The van der Waals surface area contributed by atoms with E-state index in [0.717, 1.165) is 55.1 Å². The molecule has 192 valence electrons. The normalized spacial score (nSPS) is 13.6. The second kappa shape index (κ2) is 10.5. The molecule has 1 aliphatic carbocycles. The van der Waals surface area contributed by atoms with Gasteiger partial charge in [-0.25, -0.2) is 19.9 Å². The molecule has 2 N–H and O–H groups in total. The van der Waals surface area contributed by atoms with Crippen molar-refractivity contribution < 1.29 is 13.2 Å². The summed E-state index contributed by atoms with van der Waals surface area (Å²) in [5.74, 6) is 2.40. The summed E-state index contributed by atoms with van der Waals surface area (Å²) in [4.78, 5) is 22.5. The minimum Gasteiger partial charge on any atom is -0.369 e. The smallest absolute Gasteiger partial charge is 0.369 e. The highest BCUT2D eigenvalue weighted by Crippen LogP contribution is 2.44. The van der Waals surface area contributed by atoms with E-state index in [2.05, 4.69) is 32.5 Å². The fourth-order valence-corrected chi connectivity index (χ4v) is 4.35. The Morgan fingerprint density at radius 1 is 1.05 bits per heavy atom. The zero-order valence-corrected chi connectivity index (χ0v) is 20.9. The summed E-state index contributed by atoms with van der Waals surface area (Å²) in [5, 5.41) is 7.55. The zero-order valence-electron chi connectivity index (χ0n) is 20.1. The van der Waals surface area contributed by atoms with Gasteiger partial charge in [0.1, 0.15) is 17.5 Å². The van der Waals surface area contributed by atoms with Crippen molar-refractivity contribution >= 4 is 40.0 Å². The van der Waals surface area contributed by atoms with E-state index in [4.69, 9.17) is 21.6 Å². The molecule has 4 aromatic heterocycles. The van der Waals surface area contributed by atoms with E-state index in [1.165, 1.54) is 11.6 Å². The van der Waals surface area contributed by atoms with E-state index in [1.54, 1.807) is 24.5 Å². The SMILES string of the molecule is CCCCNc1nc(-c2ccnc(Nc3ncc(CC(F)(F)F)cc3Cl)c2)nc2cncc(C3CC3)c12. The number of halogens is 4. The molecule has 0 spiro atoms. The van der Waals surface area contributed by atoms with Gasteiger partial charge in [0.2, 0.25) is 0 Å². The molecule has 1 saturated carbocycles. The lowest BCUT2D eigenvalue weighted by Crippen LogP contribution is -2.12. The highest BCUT2D eigenvalue weighted by atomic mass is 35.5. The highest BCUT2D eigenvalue weighted by Gasteiger charge is 2.29. The van der Waals surface area contributed by atoms with E-state index in [0.29, 0.717) is 23.1 Å². The Morgan fingerprint density at radius 3 is 2.62 bits per heavy atom. The van der Waals surface area contributed by atoms with Gasteiger partial charge in [-0.2, -0.15) is 13.2 Å². The van der Waals surface area contributed by atoms with Crippen molar-refractivity contribution in [2.75, 3.05) is 17.2 Å². The van der Waals surface area contributed by atoms with Gasteiger partial charge in [0.25, 0.3) is 0 Å². The molecule has 0 radical (unpaired) electrons. The van der Waals surface area contributed by atoms with Crippen LogP contribution < -0.4 is 10.6 Å². The third kappa shape index (κ3) is 6.07. The van der Waals surface area contributed by atoms with Crippen LogP contribution in [0.3, 0.4) is 0 Å². The van der Waals surface area contributed by atoms with Crippen molar-refractivity contribution in [3.63, 3.8) is 0 Å². The van der Waals surface area contributed by atoms with E-state index in [9.17, 15) is 13.2 Å². The van der Waals surface area contributed by atoms with E-state index in [-0.39, 0.29) is 16.4 Å². The molecule has 0 amide bonds. The molecule has 11 heteroatoms. The summed E-state index contributed by atoms with van der Waals surface area (Å²) in [6.07, 6.45) is 5.35. The maximum Gasteiger partial charge on any atom is 0.393 e. The van der Waals surface area contributed by atoms with Crippen molar-refractivity contribution in [3.05, 3.63) is 59.1 Å². The van der Waals surface area contributed by atoms with Gasteiger partial charge in [-0.1, -0.05) is 24.9 Å². The predicted molar refractivity (Wildman–Crippen MR) is 138 cm³/mol. The molecule has 0 bridgehead atoms. The Hall–Kier alpha value is -3.53. The van der Waals surface area contributed by atoms with Crippen molar-refractivity contribution in [3.8, 4) is 11.4 Å². The number of fused-ring (bicyclic) bond motifs is 1. The van der Waals surface area contributed by atoms with Crippen molar-refractivity contribution in [1.82, 2.24) is 24.9 Å². The van der Waals surface area contributed by atoms with Crippen molar-refractivity contribution in [1.29, 1.82) is 0 Å². The van der Waals surface area contributed by atoms with Crippen LogP contribution in [0.2, 0.25) is 5.02 Å². The minimum absolute atomic E-state index is 0.0170. The number of hydrogen-bond acceptors (Lipinski definition) is 7. The van der Waals surface area contributed by atoms with Crippen LogP contribution in [0, 0.1) is 0 Å². The van der Waals surface area contributed by atoms with Crippen LogP contribution >= 0.6 is 11.6 Å². The van der Waals surface area contributed by atoms with Gasteiger partial charge in [0.05, 0.1) is 23.2 Å². The summed E-state index contributed by atoms with van der Waals surface area (Å²) >= 11 is 6.20. The Labute approximate surface area is 217 Å². The second-order valence-corrected chi connectivity index (χ2v) is 9.50. The molecule has 0 aromatic carbocycles. The standard InChI is InChI=1S/C26H25ClF3N7/c1-2-3-7-33-25-22-18(16-4-5-16)13-31-14-20(22)35-23(37-25)17-6-8-32-21(10-17)36-24-19(27)9-15(12-34-24)11-26(28,29)30/h6,8-10,12-14,16H,2-5,7,11H2,1H3,(H,32,34,36)(H,33,35,37). The number of alkyl halides is 3. The fourth-order valence-electron chi connectivity index (χ4n) is 4.11. The van der Waals surface area contributed by atoms with Crippen LogP contribution in [-0.2, 0) is 6.42 Å². The van der Waals surface area contributed by atoms with E-state index in [1.807, 2.05) is 6.20 Å². The number of pyridine rings is 3. The third-order valence-corrected chi connectivity index (χ3v) is 6.33. The van der Waals surface area contributed by atoms with Crippen LogP contribution in [-0.4, -0.2) is 37.6 Å². The maximum absolute atomic E-state index is 12.7. The van der Waals surface area contributed by atoms with Crippen LogP contribution in [0.5, 0.6) is 0 Å². The monoisotopic (exact) mass is 527 g/mol. The number of nitrogens with zero attached hydrogens (tertiary/aromatic N) is 5. The van der Waals surface area contributed by atoms with Crippen molar-refractivity contribution in [2.24, 2.45) is 0 Å². The van der Waals surface area contributed by atoms with Gasteiger partial charge in [-0.15, -0.1) is 0 Å². The molecule has 1 aliphatic rings. The average molecular weight is 528 g/mol. The number of nitrogens with one attached hydrogen (secondary N) is 2. The van der Waals surface area contributed by atoms with Crippen LogP contribution in [0.1, 0.15) is 49.7 Å². The molecular weight excluding hydrogens is 503 g/mol. The summed E-state index contributed by atoms with van der Waals surface area (Å²) in [7, 11) is 0.